The highest BCUT2D eigenvalue weighted by Gasteiger charge is 2.59. The Bertz CT molecular complexity index is 1320. The number of rotatable bonds is 1. The lowest BCUT2D eigenvalue weighted by Gasteiger charge is -2.27. The average molecular weight is 372 g/mol. The highest BCUT2D eigenvalue weighted by Crippen LogP contribution is 2.55. The second-order valence-corrected chi connectivity index (χ2v) is 6.66. The first-order valence-electron chi connectivity index (χ1n) is 8.66. The first-order valence-corrected chi connectivity index (χ1v) is 8.66. The highest BCUT2D eigenvalue weighted by molar-refractivity contribution is 6.12. The van der Waals surface area contributed by atoms with Crippen molar-refractivity contribution in [3.05, 3.63) is 81.8 Å². The fraction of sp³-hybridized carbons (Fsp3) is 0.0500. The van der Waals surface area contributed by atoms with Crippen molar-refractivity contribution in [2.24, 2.45) is 0 Å². The van der Waals surface area contributed by atoms with Gasteiger partial charge in [-0.05, 0) is 18.2 Å². The summed E-state index contributed by atoms with van der Waals surface area (Å²) in [4.78, 5) is 30.6. The summed E-state index contributed by atoms with van der Waals surface area (Å²) in [6.07, 6.45) is 0. The van der Waals surface area contributed by atoms with Gasteiger partial charge >= 0.3 is 5.95 Å². The number of nitrogens with zero attached hydrogens (tertiary/aromatic N) is 1. The summed E-state index contributed by atoms with van der Waals surface area (Å²) in [6.45, 7) is 0. The summed E-state index contributed by atoms with van der Waals surface area (Å²) >= 11 is 0. The Morgan fingerprint density at radius 1 is 0.929 bits per heavy atom. The van der Waals surface area contributed by atoms with Gasteiger partial charge in [0.1, 0.15) is 5.56 Å². The molecule has 4 aromatic rings. The van der Waals surface area contributed by atoms with Crippen LogP contribution >= 0.6 is 0 Å². The minimum absolute atomic E-state index is 0.0773. The zero-order chi connectivity index (χ0) is 18.9. The van der Waals surface area contributed by atoms with Crippen molar-refractivity contribution >= 4 is 11.6 Å². The van der Waals surface area contributed by atoms with E-state index in [0.717, 1.165) is 5.56 Å². The number of anilines is 1. The SMILES string of the molecule is O=C1Nc2ccccc2C12c1nc(-c3ccccc3)oc1Oc1[nH][nH]c(=O)c12. The van der Waals surface area contributed by atoms with Crippen molar-refractivity contribution in [1.82, 2.24) is 15.2 Å². The number of carbonyl (C=O) groups excluding carboxylic acids is 1. The number of carbonyl (C=O) groups is 1. The van der Waals surface area contributed by atoms with E-state index in [4.69, 9.17) is 9.15 Å². The molecular weight excluding hydrogens is 360 g/mol. The third-order valence-corrected chi connectivity index (χ3v) is 5.21. The predicted molar refractivity (Wildman–Crippen MR) is 98.4 cm³/mol. The Hall–Kier alpha value is -4.07. The summed E-state index contributed by atoms with van der Waals surface area (Å²) in [7, 11) is 0. The number of ether oxygens (including phenoxy) is 1. The van der Waals surface area contributed by atoms with E-state index in [-0.39, 0.29) is 29.0 Å². The lowest BCUT2D eigenvalue weighted by atomic mass is 9.73. The minimum Gasteiger partial charge on any atom is -0.406 e. The van der Waals surface area contributed by atoms with E-state index >= 15 is 0 Å². The standard InChI is InChI=1S/C20H12N4O4/c25-15-13-17(24-23-15)28-18-14(22-16(27-18)10-6-2-1-3-7-10)20(13)11-8-4-5-9-12(11)21-19(20)26/h1-9H,(H,21,26)(H2,23,24,25). The quantitative estimate of drug-likeness (QED) is 0.475. The Kier molecular flexibility index (Phi) is 2.69. The Morgan fingerprint density at radius 3 is 2.57 bits per heavy atom. The number of oxazole rings is 1. The maximum atomic E-state index is 13.3. The van der Waals surface area contributed by atoms with Gasteiger partial charge in [-0.25, -0.2) is 4.98 Å². The smallest absolute Gasteiger partial charge is 0.317 e. The molecule has 0 bridgehead atoms. The first-order chi connectivity index (χ1) is 13.7. The van der Waals surface area contributed by atoms with Crippen LogP contribution in [0.3, 0.4) is 0 Å². The first kappa shape index (κ1) is 15.0. The third kappa shape index (κ3) is 1.67. The predicted octanol–water partition coefficient (Wildman–Crippen LogP) is 2.75. The second-order valence-electron chi connectivity index (χ2n) is 6.66. The van der Waals surface area contributed by atoms with Crippen LogP contribution in [0.1, 0.15) is 16.8 Å². The molecule has 0 aliphatic carbocycles. The fourth-order valence-corrected chi connectivity index (χ4v) is 4.03. The number of nitrogens with one attached hydrogen (secondary N) is 3. The van der Waals surface area contributed by atoms with Crippen LogP contribution < -0.4 is 15.6 Å². The van der Waals surface area contributed by atoms with Crippen LogP contribution in [0.5, 0.6) is 11.8 Å². The number of amides is 1. The molecule has 3 N–H and O–H groups in total. The monoisotopic (exact) mass is 372 g/mol. The number of hydrogen-bond acceptors (Lipinski definition) is 5. The summed E-state index contributed by atoms with van der Waals surface area (Å²) in [5.41, 5.74) is 0.502. The summed E-state index contributed by atoms with van der Waals surface area (Å²) in [5.74, 6) is 0.148. The molecule has 2 aromatic carbocycles. The van der Waals surface area contributed by atoms with Crippen molar-refractivity contribution in [2.45, 2.75) is 5.41 Å². The molecule has 1 unspecified atom stereocenters. The van der Waals surface area contributed by atoms with E-state index in [9.17, 15) is 9.59 Å². The Morgan fingerprint density at radius 2 is 1.71 bits per heavy atom. The molecule has 136 valence electrons. The second kappa shape index (κ2) is 5.01. The lowest BCUT2D eigenvalue weighted by Crippen LogP contribution is -2.42. The molecule has 1 amide bonds. The van der Waals surface area contributed by atoms with Gasteiger partial charge in [-0.15, -0.1) is 0 Å². The molecule has 0 radical (unpaired) electrons. The molecule has 6 rings (SSSR count). The summed E-state index contributed by atoms with van der Waals surface area (Å²) in [6, 6.07) is 16.5. The lowest BCUT2D eigenvalue weighted by molar-refractivity contribution is -0.118. The fourth-order valence-electron chi connectivity index (χ4n) is 4.03. The number of H-pyrrole nitrogens is 2. The number of hydrogen-bond donors (Lipinski definition) is 3. The molecule has 8 nitrogen and oxygen atoms in total. The van der Waals surface area contributed by atoms with E-state index in [1.54, 1.807) is 12.1 Å². The van der Waals surface area contributed by atoms with Gasteiger partial charge < -0.3 is 14.5 Å². The summed E-state index contributed by atoms with van der Waals surface area (Å²) in [5, 5.41) is 8.05. The van der Waals surface area contributed by atoms with E-state index < -0.39 is 11.0 Å². The van der Waals surface area contributed by atoms with Crippen molar-refractivity contribution in [2.75, 3.05) is 5.32 Å². The van der Waals surface area contributed by atoms with Crippen molar-refractivity contribution < 1.29 is 13.9 Å². The van der Waals surface area contributed by atoms with Crippen molar-refractivity contribution in [3.8, 4) is 23.3 Å². The molecule has 28 heavy (non-hydrogen) atoms. The molecule has 2 aliphatic rings. The Balaban J connectivity index is 1.71. The molecule has 0 saturated heterocycles. The maximum absolute atomic E-state index is 13.3. The molecule has 4 heterocycles. The number of benzene rings is 2. The molecule has 1 atom stereocenters. The summed E-state index contributed by atoms with van der Waals surface area (Å²) < 4.78 is 11.6. The van der Waals surface area contributed by atoms with Crippen LogP contribution in [-0.4, -0.2) is 21.1 Å². The van der Waals surface area contributed by atoms with Gasteiger partial charge in [0.05, 0.1) is 0 Å². The zero-order valence-electron chi connectivity index (χ0n) is 14.3. The van der Waals surface area contributed by atoms with Gasteiger partial charge in [-0.3, -0.25) is 19.8 Å². The van der Waals surface area contributed by atoms with E-state index in [1.165, 1.54) is 0 Å². The Labute approximate surface area is 157 Å². The molecule has 1 spiro atoms. The molecular formula is C20H12N4O4. The van der Waals surface area contributed by atoms with E-state index in [0.29, 0.717) is 17.1 Å². The van der Waals surface area contributed by atoms with E-state index in [2.05, 4.69) is 20.5 Å². The van der Waals surface area contributed by atoms with Gasteiger partial charge in [-0.1, -0.05) is 36.4 Å². The number of aromatic amines is 2. The van der Waals surface area contributed by atoms with Crippen LogP contribution in [0.15, 0.2) is 63.8 Å². The van der Waals surface area contributed by atoms with Crippen LogP contribution in [0.4, 0.5) is 5.69 Å². The molecule has 0 fully saturated rings. The molecule has 0 saturated carbocycles. The van der Waals surface area contributed by atoms with Crippen LogP contribution in [0.2, 0.25) is 0 Å². The van der Waals surface area contributed by atoms with Crippen molar-refractivity contribution in [1.29, 1.82) is 0 Å². The van der Waals surface area contributed by atoms with Gasteiger partial charge in [0, 0.05) is 16.8 Å². The van der Waals surface area contributed by atoms with Crippen LogP contribution in [-0.2, 0) is 10.2 Å². The molecule has 2 aliphatic heterocycles. The van der Waals surface area contributed by atoms with Gasteiger partial charge in [0.15, 0.2) is 11.1 Å². The van der Waals surface area contributed by atoms with Gasteiger partial charge in [0.2, 0.25) is 17.7 Å². The largest absolute Gasteiger partial charge is 0.406 e. The number of aromatic nitrogens is 3. The van der Waals surface area contributed by atoms with Crippen LogP contribution in [0.25, 0.3) is 11.5 Å². The van der Waals surface area contributed by atoms with Gasteiger partial charge in [-0.2, -0.15) is 0 Å². The topological polar surface area (TPSA) is 113 Å². The number of para-hydroxylation sites is 1. The maximum Gasteiger partial charge on any atom is 0.317 e. The minimum atomic E-state index is -1.45. The zero-order valence-corrected chi connectivity index (χ0v) is 14.3. The average Bonchev–Trinajstić information content (AvgIpc) is 3.39. The third-order valence-electron chi connectivity index (χ3n) is 5.21. The number of fused-ring (bicyclic) bond motifs is 6. The van der Waals surface area contributed by atoms with Crippen molar-refractivity contribution in [3.63, 3.8) is 0 Å². The molecule has 8 heteroatoms. The molecule has 2 aromatic heterocycles. The normalized spacial score (nSPS) is 18.9. The van der Waals surface area contributed by atoms with Gasteiger partial charge in [0.25, 0.3) is 5.56 Å². The van der Waals surface area contributed by atoms with Crippen LogP contribution in [0, 0.1) is 0 Å². The highest BCUT2D eigenvalue weighted by atomic mass is 16.6. The van der Waals surface area contributed by atoms with E-state index in [1.807, 2.05) is 42.5 Å².